The molecule has 1 N–H and O–H groups in total. The van der Waals surface area contributed by atoms with E-state index in [0.717, 1.165) is 17.7 Å². The van der Waals surface area contributed by atoms with Gasteiger partial charge in [-0.3, -0.25) is 9.59 Å². The molecule has 0 spiro atoms. The van der Waals surface area contributed by atoms with E-state index in [1.165, 1.54) is 0 Å². The molecule has 4 nitrogen and oxygen atoms in total. The summed E-state index contributed by atoms with van der Waals surface area (Å²) in [5, 5.41) is 9.00. The third kappa shape index (κ3) is 2.87. The zero-order valence-electron chi connectivity index (χ0n) is 11.9. The summed E-state index contributed by atoms with van der Waals surface area (Å²) < 4.78 is 38.9. The van der Waals surface area contributed by atoms with E-state index in [-0.39, 0.29) is 12.5 Å². The summed E-state index contributed by atoms with van der Waals surface area (Å²) in [5.41, 5.74) is -0.580. The summed E-state index contributed by atoms with van der Waals surface area (Å²) >= 11 is 0. The molecule has 1 saturated carbocycles. The number of rotatable bonds is 3. The number of halogens is 3. The standard InChI is InChI=1S/C14H20F3NO3/c1-2-13(5-3-4-6-13)12(21)18-7-9(11(19)20)10(8-18)14(15,16)17/h9-10H,2-8H2,1H3,(H,19,20)/t9-,10-/m1/s1. The lowest BCUT2D eigenvalue weighted by molar-refractivity contribution is -0.188. The second kappa shape index (κ2) is 5.50. The fraction of sp³-hybridized carbons (Fsp3) is 0.857. The quantitative estimate of drug-likeness (QED) is 0.872. The molecule has 120 valence electrons. The molecule has 0 unspecified atom stereocenters. The first-order valence-electron chi connectivity index (χ1n) is 7.30. The monoisotopic (exact) mass is 307 g/mol. The second-order valence-corrected chi connectivity index (χ2v) is 6.14. The SMILES string of the molecule is CCC1(C(=O)N2C[C@@H](C(F)(F)F)[C@H](C(=O)O)C2)CCCC1. The van der Waals surface area contributed by atoms with Gasteiger partial charge in [0.25, 0.3) is 0 Å². The molecule has 0 aromatic rings. The number of hydrogen-bond donors (Lipinski definition) is 1. The maximum atomic E-state index is 13.0. The zero-order chi connectivity index (χ0) is 15.8. The Morgan fingerprint density at radius 3 is 2.19 bits per heavy atom. The molecule has 1 aliphatic heterocycles. The highest BCUT2D eigenvalue weighted by molar-refractivity contribution is 5.84. The zero-order valence-corrected chi connectivity index (χ0v) is 11.9. The highest BCUT2D eigenvalue weighted by Crippen LogP contribution is 2.45. The van der Waals surface area contributed by atoms with Crippen molar-refractivity contribution in [2.24, 2.45) is 17.3 Å². The van der Waals surface area contributed by atoms with E-state index in [2.05, 4.69) is 0 Å². The molecule has 21 heavy (non-hydrogen) atoms. The van der Waals surface area contributed by atoms with Gasteiger partial charge in [-0.05, 0) is 19.3 Å². The molecule has 0 aromatic carbocycles. The van der Waals surface area contributed by atoms with Crippen molar-refractivity contribution in [1.82, 2.24) is 4.90 Å². The van der Waals surface area contributed by atoms with Crippen LogP contribution in [-0.2, 0) is 9.59 Å². The third-order valence-electron chi connectivity index (χ3n) is 5.04. The topological polar surface area (TPSA) is 57.6 Å². The van der Waals surface area contributed by atoms with Gasteiger partial charge in [-0.1, -0.05) is 19.8 Å². The Bertz CT molecular complexity index is 430. The van der Waals surface area contributed by atoms with Crippen LogP contribution in [0.3, 0.4) is 0 Å². The van der Waals surface area contributed by atoms with E-state index >= 15 is 0 Å². The highest BCUT2D eigenvalue weighted by Gasteiger charge is 2.55. The van der Waals surface area contributed by atoms with Gasteiger partial charge in [0.15, 0.2) is 0 Å². The number of carboxylic acids is 1. The molecule has 2 atom stereocenters. The van der Waals surface area contributed by atoms with Gasteiger partial charge in [0, 0.05) is 18.5 Å². The van der Waals surface area contributed by atoms with Gasteiger partial charge in [-0.25, -0.2) is 0 Å². The number of carboxylic acid groups (broad SMARTS) is 1. The van der Waals surface area contributed by atoms with E-state index in [4.69, 9.17) is 5.11 Å². The maximum Gasteiger partial charge on any atom is 0.394 e. The van der Waals surface area contributed by atoms with Crippen LogP contribution < -0.4 is 0 Å². The summed E-state index contributed by atoms with van der Waals surface area (Å²) in [6.07, 6.45) is -0.818. The number of hydrogen-bond acceptors (Lipinski definition) is 2. The Balaban J connectivity index is 2.19. The molecule has 1 amide bonds. The molecule has 0 radical (unpaired) electrons. The van der Waals surface area contributed by atoms with Gasteiger partial charge in [0.1, 0.15) is 0 Å². The molecule has 2 aliphatic rings. The lowest BCUT2D eigenvalue weighted by Gasteiger charge is -2.31. The Kier molecular flexibility index (Phi) is 4.22. The maximum absolute atomic E-state index is 13.0. The molecule has 1 heterocycles. The minimum Gasteiger partial charge on any atom is -0.481 e. The predicted molar refractivity (Wildman–Crippen MR) is 68.4 cm³/mol. The van der Waals surface area contributed by atoms with Gasteiger partial charge < -0.3 is 10.0 Å². The van der Waals surface area contributed by atoms with Gasteiger partial charge in [-0.15, -0.1) is 0 Å². The molecule has 2 rings (SSSR count). The highest BCUT2D eigenvalue weighted by atomic mass is 19.4. The number of aliphatic carboxylic acids is 1. The molecule has 7 heteroatoms. The molecular formula is C14H20F3NO3. The van der Waals surface area contributed by atoms with Gasteiger partial charge in [0.05, 0.1) is 11.8 Å². The van der Waals surface area contributed by atoms with Crippen LogP contribution in [0, 0.1) is 17.3 Å². The first-order valence-corrected chi connectivity index (χ1v) is 7.30. The third-order valence-corrected chi connectivity index (χ3v) is 5.04. The average Bonchev–Trinajstić information content (AvgIpc) is 3.05. The van der Waals surface area contributed by atoms with Crippen molar-refractivity contribution in [3.63, 3.8) is 0 Å². The van der Waals surface area contributed by atoms with Gasteiger partial charge in [-0.2, -0.15) is 13.2 Å². The van der Waals surface area contributed by atoms with Crippen LogP contribution in [0.15, 0.2) is 0 Å². The fourth-order valence-electron chi connectivity index (χ4n) is 3.66. The van der Waals surface area contributed by atoms with E-state index in [0.29, 0.717) is 19.3 Å². The van der Waals surface area contributed by atoms with Crippen LogP contribution >= 0.6 is 0 Å². The van der Waals surface area contributed by atoms with E-state index in [1.54, 1.807) is 0 Å². The minimum atomic E-state index is -4.59. The largest absolute Gasteiger partial charge is 0.481 e. The van der Waals surface area contributed by atoms with Gasteiger partial charge >= 0.3 is 12.1 Å². The van der Waals surface area contributed by atoms with Gasteiger partial charge in [0.2, 0.25) is 5.91 Å². The lowest BCUT2D eigenvalue weighted by atomic mass is 9.82. The van der Waals surface area contributed by atoms with Crippen molar-refractivity contribution in [3.8, 4) is 0 Å². The van der Waals surface area contributed by atoms with E-state index in [9.17, 15) is 22.8 Å². The fourth-order valence-corrected chi connectivity index (χ4v) is 3.66. The second-order valence-electron chi connectivity index (χ2n) is 6.14. The van der Waals surface area contributed by atoms with Crippen molar-refractivity contribution in [3.05, 3.63) is 0 Å². The predicted octanol–water partition coefficient (Wildman–Crippen LogP) is 2.68. The van der Waals surface area contributed by atoms with Crippen molar-refractivity contribution < 1.29 is 27.9 Å². The molecule has 0 aromatic heterocycles. The van der Waals surface area contributed by atoms with Crippen LogP contribution in [0.4, 0.5) is 13.2 Å². The molecule has 1 aliphatic carbocycles. The first kappa shape index (κ1) is 16.1. The lowest BCUT2D eigenvalue weighted by Crippen LogP contribution is -2.42. The first-order chi connectivity index (χ1) is 9.71. The summed E-state index contributed by atoms with van der Waals surface area (Å²) in [4.78, 5) is 24.8. The smallest absolute Gasteiger partial charge is 0.394 e. The molecule has 0 bridgehead atoms. The molecule has 2 fully saturated rings. The number of alkyl halides is 3. The van der Waals surface area contributed by atoms with Crippen molar-refractivity contribution in [2.75, 3.05) is 13.1 Å². The van der Waals surface area contributed by atoms with Crippen molar-refractivity contribution >= 4 is 11.9 Å². The number of nitrogens with zero attached hydrogens (tertiary/aromatic N) is 1. The minimum absolute atomic E-state index is 0.291. The summed E-state index contributed by atoms with van der Waals surface area (Å²) in [6, 6.07) is 0. The summed E-state index contributed by atoms with van der Waals surface area (Å²) in [6.45, 7) is 1.01. The summed E-state index contributed by atoms with van der Waals surface area (Å²) in [5.74, 6) is -5.29. The number of amides is 1. The van der Waals surface area contributed by atoms with Crippen LogP contribution in [-0.4, -0.2) is 41.1 Å². The van der Waals surface area contributed by atoms with Crippen molar-refractivity contribution in [1.29, 1.82) is 0 Å². The number of carbonyl (C=O) groups is 2. The number of carbonyl (C=O) groups excluding carboxylic acids is 1. The Hall–Kier alpha value is -1.27. The summed E-state index contributed by atoms with van der Waals surface area (Å²) in [7, 11) is 0. The van der Waals surface area contributed by atoms with Crippen LogP contribution in [0.25, 0.3) is 0 Å². The van der Waals surface area contributed by atoms with Crippen molar-refractivity contribution in [2.45, 2.75) is 45.2 Å². The van der Waals surface area contributed by atoms with Crippen LogP contribution in [0.5, 0.6) is 0 Å². The van der Waals surface area contributed by atoms with E-state index < -0.39 is 35.9 Å². The van der Waals surface area contributed by atoms with E-state index in [1.807, 2.05) is 6.92 Å². The van der Waals surface area contributed by atoms with Crippen LogP contribution in [0.1, 0.15) is 39.0 Å². The average molecular weight is 307 g/mol. The Labute approximate surface area is 121 Å². The van der Waals surface area contributed by atoms with Crippen LogP contribution in [0.2, 0.25) is 0 Å². The Morgan fingerprint density at radius 1 is 1.24 bits per heavy atom. The Morgan fingerprint density at radius 2 is 1.81 bits per heavy atom. The molecule has 1 saturated heterocycles. The number of likely N-dealkylation sites (tertiary alicyclic amines) is 1. The normalized spacial score (nSPS) is 28.9. The molecular weight excluding hydrogens is 287 g/mol.